The topological polar surface area (TPSA) is 245 Å². The summed E-state index contributed by atoms with van der Waals surface area (Å²) in [7, 11) is -4.29. The molecular weight excluding hydrogens is 913 g/mol. The predicted molar refractivity (Wildman–Crippen MR) is 245 cm³/mol. The van der Waals surface area contributed by atoms with Gasteiger partial charge in [0, 0.05) is 11.8 Å². The number of aliphatic hydroxyl groups excluding tert-OH is 3. The van der Waals surface area contributed by atoms with Crippen LogP contribution in [0.4, 0.5) is 0 Å². The van der Waals surface area contributed by atoms with Gasteiger partial charge >= 0.3 is 28.8 Å². The monoisotopic (exact) mass is 984 g/mol. The lowest BCUT2D eigenvalue weighted by Gasteiger charge is -2.71. The van der Waals surface area contributed by atoms with Gasteiger partial charge in [0.1, 0.15) is 30.5 Å². The average Bonchev–Trinajstić information content (AvgIpc) is 3.80. The summed E-state index contributed by atoms with van der Waals surface area (Å²) in [6.07, 6.45) is 4.20. The van der Waals surface area contributed by atoms with Crippen LogP contribution in [0.15, 0.2) is 56.5 Å². The minimum absolute atomic E-state index is 0.000743. The summed E-state index contributed by atoms with van der Waals surface area (Å²) in [5, 5.41) is 45.7. The molecule has 0 radical (unpaired) electrons. The number of ether oxygens (including phenoxy) is 5. The molecule has 4 saturated carbocycles. The molecule has 0 bridgehead atoms. The number of hydrogen-bond donors (Lipinski definition) is 3. The van der Waals surface area contributed by atoms with Crippen LogP contribution in [-0.4, -0.2) is 96.8 Å². The van der Waals surface area contributed by atoms with E-state index in [0.29, 0.717) is 25.2 Å². The highest BCUT2D eigenvalue weighted by molar-refractivity contribution is 7.91. The molecule has 1 aliphatic heterocycles. The van der Waals surface area contributed by atoms with Gasteiger partial charge in [-0.25, -0.2) is 8.42 Å². The number of carbonyl (C=O) groups is 3. The Bertz CT molecular complexity index is 2400. The van der Waals surface area contributed by atoms with Crippen molar-refractivity contribution in [1.82, 2.24) is 5.16 Å². The van der Waals surface area contributed by atoms with E-state index in [1.807, 2.05) is 0 Å². The number of hydrogen-bond acceptors (Lipinski definition) is 16. The van der Waals surface area contributed by atoms with Gasteiger partial charge in [-0.15, -0.1) is 0 Å². The third kappa shape index (κ3) is 8.79. The molecule has 2 aromatic rings. The molecule has 2 heterocycles. The maximum atomic E-state index is 14.5. The van der Waals surface area contributed by atoms with Gasteiger partial charge in [-0.05, 0) is 128 Å². The van der Waals surface area contributed by atoms with Crippen LogP contribution in [0.2, 0.25) is 0 Å². The van der Waals surface area contributed by atoms with Gasteiger partial charge in [-0.2, -0.15) is 0 Å². The first-order valence-corrected chi connectivity index (χ1v) is 26.3. The summed E-state index contributed by atoms with van der Waals surface area (Å²) >= 11 is 0. The molecule has 17 nitrogen and oxygen atoms in total. The van der Waals surface area contributed by atoms with Crippen LogP contribution < -0.4 is 9.64 Å². The van der Waals surface area contributed by atoms with Crippen LogP contribution in [0.5, 0.6) is 5.88 Å². The number of carbonyl (C=O) groups excluding carboxylic acids is 3. The third-order valence-electron chi connectivity index (χ3n) is 18.5. The molecule has 1 aromatic carbocycles. The predicted octanol–water partition coefficient (Wildman–Crippen LogP) is 6.32. The summed E-state index contributed by atoms with van der Waals surface area (Å²) in [6, 6.07) is 7.33. The maximum absolute atomic E-state index is 14.5. The van der Waals surface area contributed by atoms with Crippen molar-refractivity contribution in [2.24, 2.45) is 50.2 Å². The maximum Gasteiger partial charge on any atom is 0.414 e. The SMILES string of the molecule is CC(CCOc1no[n+]([O-])c1S(=O)(=O)c1ccccc1)OC(=O)CCC(=O)O[C@H]1CC[C@]2(C)[C@H]3CC=C4[C@@H]5CC(C)(C)CC[C@]5(C(=O)O[C@@H]5O[C@H](CO)[C@@H](O)[C@@H]5O)CC[C@@]4(C)[C@]3(C)CC[C@H]2C1(C)C. The van der Waals surface area contributed by atoms with E-state index in [4.69, 9.17) is 23.7 Å². The Balaban J connectivity index is 0.876. The number of sulfone groups is 1. The number of allylic oxidation sites excluding steroid dienone is 2. The van der Waals surface area contributed by atoms with Gasteiger partial charge in [-0.3, -0.25) is 19.0 Å². The summed E-state index contributed by atoms with van der Waals surface area (Å²) in [5.74, 6) is -1.43. The smallest absolute Gasteiger partial charge is 0.414 e. The fraction of sp³-hybridized carbons (Fsp3) is 0.745. The van der Waals surface area contributed by atoms with Gasteiger partial charge in [0.2, 0.25) is 6.29 Å². The first kappa shape index (κ1) is 51.3. The Labute approximate surface area is 405 Å². The molecular formula is C51H72N2O15S. The lowest BCUT2D eigenvalue weighted by atomic mass is 9.33. The van der Waals surface area contributed by atoms with Crippen LogP contribution in [0.1, 0.15) is 139 Å². The fourth-order valence-corrected chi connectivity index (χ4v) is 15.6. The van der Waals surface area contributed by atoms with Crippen molar-refractivity contribution in [3.05, 3.63) is 47.2 Å². The Morgan fingerprint density at radius 1 is 0.899 bits per heavy atom. The minimum Gasteiger partial charge on any atom is -0.463 e. The number of fused-ring (bicyclic) bond motifs is 7. The molecule has 6 aliphatic rings. The van der Waals surface area contributed by atoms with E-state index in [1.165, 1.54) is 29.8 Å². The van der Waals surface area contributed by atoms with E-state index < -0.39 is 81.4 Å². The Morgan fingerprint density at radius 2 is 1.59 bits per heavy atom. The molecule has 382 valence electrons. The van der Waals surface area contributed by atoms with Crippen molar-refractivity contribution in [2.45, 2.75) is 186 Å². The van der Waals surface area contributed by atoms with Crippen molar-refractivity contribution in [1.29, 1.82) is 0 Å². The Kier molecular flexibility index (Phi) is 13.7. The second kappa shape index (κ2) is 18.5. The average molecular weight is 985 g/mol. The highest BCUT2D eigenvalue weighted by Gasteiger charge is 2.70. The summed E-state index contributed by atoms with van der Waals surface area (Å²) < 4.78 is 59.5. The lowest BCUT2D eigenvalue weighted by molar-refractivity contribution is -0.832. The van der Waals surface area contributed by atoms with Crippen LogP contribution in [0.25, 0.3) is 0 Å². The molecule has 0 amide bonds. The quantitative estimate of drug-likeness (QED) is 0.0812. The van der Waals surface area contributed by atoms with Crippen LogP contribution in [0.3, 0.4) is 0 Å². The summed E-state index contributed by atoms with van der Waals surface area (Å²) in [6.45, 7) is 17.3. The van der Waals surface area contributed by atoms with Gasteiger partial charge < -0.3 is 44.2 Å². The van der Waals surface area contributed by atoms with Gasteiger partial charge in [-0.1, -0.05) is 78.3 Å². The summed E-state index contributed by atoms with van der Waals surface area (Å²) in [4.78, 5) is 40.4. The molecule has 13 atom stereocenters. The second-order valence-corrected chi connectivity index (χ2v) is 25.0. The van der Waals surface area contributed by atoms with E-state index in [2.05, 4.69) is 64.3 Å². The van der Waals surface area contributed by atoms with E-state index in [-0.39, 0.29) is 80.7 Å². The van der Waals surface area contributed by atoms with Crippen molar-refractivity contribution in [3.8, 4) is 5.88 Å². The normalized spacial score (nSPS) is 37.1. The zero-order valence-electron chi connectivity index (χ0n) is 41.3. The molecule has 5 fully saturated rings. The highest BCUT2D eigenvalue weighted by Crippen LogP contribution is 2.76. The standard InChI is InChI=1S/C51H72N2O15S/c1-30(20-27-63-42-43(53(60)68-52-42)69(61,62)31-12-10-9-11-13-31)64-38(55)16-17-39(56)66-37-19-21-48(6)35(47(37,4)5)18-22-50(8)36(48)15-14-32-33-28-46(2,3)23-25-51(33,26-24-49(32,50)7)45(59)67-44-41(58)40(57)34(29-54)65-44/h9-14,30,33-37,40-41,44,54,57-58H,15-29H2,1-8H3/t30?,33-,34+,35-,36+,37-,40+,41-,44-,48-,49+,50+,51-/m0/s1. The number of nitrogens with zero attached hydrogens (tertiary/aromatic N) is 2. The highest BCUT2D eigenvalue weighted by atomic mass is 32.2. The number of aliphatic hydroxyl groups is 3. The Hall–Kier alpha value is -4.10. The molecule has 1 unspecified atom stereocenters. The van der Waals surface area contributed by atoms with Gasteiger partial charge in [0.05, 0.1) is 41.5 Å². The van der Waals surface area contributed by atoms with Crippen LogP contribution >= 0.6 is 0 Å². The molecule has 8 rings (SSSR count). The second-order valence-electron chi connectivity index (χ2n) is 23.1. The van der Waals surface area contributed by atoms with Crippen molar-refractivity contribution in [3.63, 3.8) is 0 Å². The molecule has 18 heteroatoms. The van der Waals surface area contributed by atoms with E-state index in [0.717, 1.165) is 44.9 Å². The minimum atomic E-state index is -4.29. The molecule has 5 aliphatic carbocycles. The first-order valence-electron chi connectivity index (χ1n) is 24.8. The zero-order valence-corrected chi connectivity index (χ0v) is 42.1. The lowest BCUT2D eigenvalue weighted by Crippen LogP contribution is -2.65. The van der Waals surface area contributed by atoms with E-state index in [1.54, 1.807) is 13.0 Å². The van der Waals surface area contributed by atoms with Crippen molar-refractivity contribution >= 4 is 27.7 Å². The number of aromatic nitrogens is 2. The van der Waals surface area contributed by atoms with Crippen LogP contribution in [0, 0.1) is 55.5 Å². The molecule has 3 N–H and O–H groups in total. The molecule has 1 saturated heterocycles. The molecule has 69 heavy (non-hydrogen) atoms. The number of rotatable bonds is 14. The van der Waals surface area contributed by atoms with Gasteiger partial charge in [0.15, 0.2) is 0 Å². The van der Waals surface area contributed by atoms with Crippen molar-refractivity contribution < 1.29 is 71.3 Å². The van der Waals surface area contributed by atoms with Crippen LogP contribution in [-0.2, 0) is 43.2 Å². The Morgan fingerprint density at radius 3 is 2.29 bits per heavy atom. The largest absolute Gasteiger partial charge is 0.463 e. The van der Waals surface area contributed by atoms with Gasteiger partial charge in [0.25, 0.3) is 9.84 Å². The molecule has 0 spiro atoms. The number of esters is 3. The van der Waals surface area contributed by atoms with E-state index >= 15 is 0 Å². The number of benzene rings is 1. The summed E-state index contributed by atoms with van der Waals surface area (Å²) in [5.41, 5.74) is -0.127. The molecule has 1 aromatic heterocycles. The fourth-order valence-electron chi connectivity index (χ4n) is 14.3. The van der Waals surface area contributed by atoms with E-state index in [9.17, 15) is 43.3 Å². The first-order chi connectivity index (χ1) is 32.3. The zero-order chi connectivity index (χ0) is 50.1. The van der Waals surface area contributed by atoms with Crippen molar-refractivity contribution in [2.75, 3.05) is 13.2 Å². The third-order valence-corrected chi connectivity index (χ3v) is 20.2.